The lowest BCUT2D eigenvalue weighted by atomic mass is 10.0. The van der Waals surface area contributed by atoms with E-state index < -0.39 is 0 Å². The maximum absolute atomic E-state index is 12.4. The average molecular weight is 344 g/mol. The molecule has 130 valence electrons. The molecule has 0 amide bonds. The van der Waals surface area contributed by atoms with Crippen LogP contribution in [-0.4, -0.2) is 22.6 Å². The van der Waals surface area contributed by atoms with E-state index in [0.717, 1.165) is 27.5 Å². The van der Waals surface area contributed by atoms with Gasteiger partial charge in [0.05, 0.1) is 24.2 Å². The number of carbonyl (C=O) groups is 1. The van der Waals surface area contributed by atoms with Gasteiger partial charge in [0.2, 0.25) is 0 Å². The first kappa shape index (κ1) is 16.3. The summed E-state index contributed by atoms with van der Waals surface area (Å²) in [5.74, 6) is -0.302. The van der Waals surface area contributed by atoms with E-state index >= 15 is 0 Å². The Kier molecular flexibility index (Phi) is 3.96. The van der Waals surface area contributed by atoms with Crippen molar-refractivity contribution in [3.05, 3.63) is 77.6 Å². The van der Waals surface area contributed by atoms with E-state index in [2.05, 4.69) is 34.7 Å². The summed E-state index contributed by atoms with van der Waals surface area (Å²) in [5, 5.41) is 2.04. The summed E-state index contributed by atoms with van der Waals surface area (Å²) in [5.41, 5.74) is 4.72. The van der Waals surface area contributed by atoms with Gasteiger partial charge in [-0.25, -0.2) is 4.79 Å². The number of esters is 1. The van der Waals surface area contributed by atoms with E-state index in [1.165, 1.54) is 12.7 Å². The van der Waals surface area contributed by atoms with Crippen LogP contribution in [0.5, 0.6) is 0 Å². The molecule has 0 aliphatic rings. The lowest BCUT2D eigenvalue weighted by Crippen LogP contribution is -2.11. The van der Waals surface area contributed by atoms with E-state index in [1.807, 2.05) is 49.5 Å². The minimum atomic E-state index is -0.302. The summed E-state index contributed by atoms with van der Waals surface area (Å²) >= 11 is 0. The molecule has 2 aromatic carbocycles. The first-order chi connectivity index (χ1) is 12.6. The van der Waals surface area contributed by atoms with Crippen LogP contribution < -0.4 is 0 Å². The van der Waals surface area contributed by atoms with Crippen LogP contribution in [0.2, 0.25) is 0 Å². The molecule has 0 aliphatic carbocycles. The van der Waals surface area contributed by atoms with Crippen molar-refractivity contribution in [1.29, 1.82) is 0 Å². The molecule has 2 heterocycles. The van der Waals surface area contributed by atoms with Crippen molar-refractivity contribution in [3.8, 4) is 0 Å². The fourth-order valence-electron chi connectivity index (χ4n) is 3.87. The minimum absolute atomic E-state index is 0.0474. The van der Waals surface area contributed by atoms with Gasteiger partial charge >= 0.3 is 5.97 Å². The van der Waals surface area contributed by atoms with Crippen molar-refractivity contribution in [1.82, 2.24) is 9.55 Å². The molecule has 0 saturated heterocycles. The molecule has 4 rings (SSSR count). The molecule has 0 N–H and O–H groups in total. The number of para-hydroxylation sites is 2. The Balaban J connectivity index is 1.99. The standard InChI is InChI=1S/C22H20N2O2/c1-14(16-12-13-23-19-10-6-4-8-17(16)19)24-15(2)21(22(25)26-3)18-9-5-7-11-20(18)24/h4-14H,1-3H3. The second kappa shape index (κ2) is 6.30. The molecule has 0 spiro atoms. The van der Waals surface area contributed by atoms with Gasteiger partial charge in [0.1, 0.15) is 0 Å². The predicted molar refractivity (Wildman–Crippen MR) is 104 cm³/mol. The molecule has 4 aromatic rings. The SMILES string of the molecule is COC(=O)c1c(C)n(C(C)c2ccnc3ccccc23)c2ccccc12. The van der Waals surface area contributed by atoms with Gasteiger partial charge in [0, 0.05) is 28.2 Å². The quantitative estimate of drug-likeness (QED) is 0.497. The van der Waals surface area contributed by atoms with Gasteiger partial charge in [-0.15, -0.1) is 0 Å². The summed E-state index contributed by atoms with van der Waals surface area (Å²) in [4.78, 5) is 16.9. The summed E-state index contributed by atoms with van der Waals surface area (Å²) < 4.78 is 7.24. The maximum atomic E-state index is 12.4. The number of nitrogens with zero attached hydrogens (tertiary/aromatic N) is 2. The maximum Gasteiger partial charge on any atom is 0.340 e. The third-order valence-corrected chi connectivity index (χ3v) is 5.07. The fourth-order valence-corrected chi connectivity index (χ4v) is 3.87. The van der Waals surface area contributed by atoms with Crippen LogP contribution in [0.3, 0.4) is 0 Å². The molecular formula is C22H20N2O2. The number of hydrogen-bond donors (Lipinski definition) is 0. The Bertz CT molecular complexity index is 1120. The Morgan fingerprint density at radius 3 is 2.50 bits per heavy atom. The molecule has 2 aromatic heterocycles. The first-order valence-corrected chi connectivity index (χ1v) is 8.65. The van der Waals surface area contributed by atoms with Gasteiger partial charge in [-0.1, -0.05) is 36.4 Å². The largest absolute Gasteiger partial charge is 0.465 e. The van der Waals surface area contributed by atoms with Gasteiger partial charge in [0.25, 0.3) is 0 Å². The number of methoxy groups -OCH3 is 1. The number of pyridine rings is 1. The topological polar surface area (TPSA) is 44.1 Å². The third-order valence-electron chi connectivity index (χ3n) is 5.07. The van der Waals surface area contributed by atoms with E-state index in [9.17, 15) is 4.79 Å². The zero-order chi connectivity index (χ0) is 18.3. The van der Waals surface area contributed by atoms with Crippen molar-refractivity contribution in [2.24, 2.45) is 0 Å². The highest BCUT2D eigenvalue weighted by atomic mass is 16.5. The van der Waals surface area contributed by atoms with Gasteiger partial charge in [-0.2, -0.15) is 0 Å². The van der Waals surface area contributed by atoms with Crippen molar-refractivity contribution >= 4 is 27.8 Å². The number of benzene rings is 2. The van der Waals surface area contributed by atoms with E-state index in [4.69, 9.17) is 4.74 Å². The van der Waals surface area contributed by atoms with Crippen LogP contribution in [0.1, 0.15) is 34.6 Å². The van der Waals surface area contributed by atoms with E-state index in [1.54, 1.807) is 0 Å². The predicted octanol–water partition coefficient (Wildman–Crippen LogP) is 4.89. The molecule has 0 saturated carbocycles. The average Bonchev–Trinajstić information content (AvgIpc) is 2.98. The highest BCUT2D eigenvalue weighted by Crippen LogP contribution is 2.34. The van der Waals surface area contributed by atoms with E-state index in [0.29, 0.717) is 5.56 Å². The highest BCUT2D eigenvalue weighted by molar-refractivity contribution is 6.06. The second-order valence-electron chi connectivity index (χ2n) is 6.43. The molecule has 4 heteroatoms. The Morgan fingerprint density at radius 1 is 1.04 bits per heavy atom. The van der Waals surface area contributed by atoms with Crippen LogP contribution >= 0.6 is 0 Å². The Morgan fingerprint density at radius 2 is 1.73 bits per heavy atom. The normalized spacial score (nSPS) is 12.4. The Labute approximate surface area is 152 Å². The number of aromatic nitrogens is 2. The van der Waals surface area contributed by atoms with Crippen LogP contribution in [0.15, 0.2) is 60.8 Å². The monoisotopic (exact) mass is 344 g/mol. The molecule has 4 nitrogen and oxygen atoms in total. The minimum Gasteiger partial charge on any atom is -0.465 e. The van der Waals surface area contributed by atoms with E-state index in [-0.39, 0.29) is 12.0 Å². The molecule has 0 bridgehead atoms. The number of ether oxygens (including phenoxy) is 1. The molecule has 0 fully saturated rings. The smallest absolute Gasteiger partial charge is 0.340 e. The molecule has 26 heavy (non-hydrogen) atoms. The lowest BCUT2D eigenvalue weighted by Gasteiger charge is -2.20. The van der Waals surface area contributed by atoms with Crippen LogP contribution in [0, 0.1) is 6.92 Å². The number of carbonyl (C=O) groups excluding carboxylic acids is 1. The molecular weight excluding hydrogens is 324 g/mol. The van der Waals surface area contributed by atoms with Crippen molar-refractivity contribution in [3.63, 3.8) is 0 Å². The number of fused-ring (bicyclic) bond motifs is 2. The molecule has 1 atom stereocenters. The number of hydrogen-bond acceptors (Lipinski definition) is 3. The first-order valence-electron chi connectivity index (χ1n) is 8.65. The Hall–Kier alpha value is -3.14. The zero-order valence-corrected chi connectivity index (χ0v) is 15.1. The fraction of sp³-hybridized carbons (Fsp3) is 0.182. The summed E-state index contributed by atoms with van der Waals surface area (Å²) in [6.45, 7) is 4.13. The van der Waals surface area contributed by atoms with Crippen LogP contribution in [0.25, 0.3) is 21.8 Å². The van der Waals surface area contributed by atoms with Gasteiger partial charge < -0.3 is 9.30 Å². The summed E-state index contributed by atoms with van der Waals surface area (Å²) in [7, 11) is 1.42. The lowest BCUT2D eigenvalue weighted by molar-refractivity contribution is 0.0602. The molecule has 0 aliphatic heterocycles. The van der Waals surface area contributed by atoms with Crippen LogP contribution in [-0.2, 0) is 4.74 Å². The summed E-state index contributed by atoms with van der Waals surface area (Å²) in [6.07, 6.45) is 1.84. The third kappa shape index (κ3) is 2.37. The van der Waals surface area contributed by atoms with Crippen molar-refractivity contribution < 1.29 is 9.53 Å². The molecule has 1 unspecified atom stereocenters. The van der Waals surface area contributed by atoms with Gasteiger partial charge in [-0.05, 0) is 37.6 Å². The second-order valence-corrected chi connectivity index (χ2v) is 6.43. The van der Waals surface area contributed by atoms with Gasteiger partial charge in [0.15, 0.2) is 0 Å². The van der Waals surface area contributed by atoms with Gasteiger partial charge in [-0.3, -0.25) is 4.98 Å². The van der Waals surface area contributed by atoms with Crippen molar-refractivity contribution in [2.75, 3.05) is 7.11 Å². The summed E-state index contributed by atoms with van der Waals surface area (Å²) in [6, 6.07) is 18.2. The zero-order valence-electron chi connectivity index (χ0n) is 15.1. The van der Waals surface area contributed by atoms with Crippen molar-refractivity contribution in [2.45, 2.75) is 19.9 Å². The highest BCUT2D eigenvalue weighted by Gasteiger charge is 2.24. The van der Waals surface area contributed by atoms with Crippen LogP contribution in [0.4, 0.5) is 0 Å². The number of rotatable bonds is 3. The molecule has 0 radical (unpaired) electrons.